The van der Waals surface area contributed by atoms with Gasteiger partial charge in [-0.1, -0.05) is 29.3 Å². The van der Waals surface area contributed by atoms with E-state index in [0.717, 1.165) is 0 Å². The van der Waals surface area contributed by atoms with Crippen LogP contribution in [-0.4, -0.2) is 22.3 Å². The second kappa shape index (κ2) is 3.91. The van der Waals surface area contributed by atoms with E-state index in [1.807, 2.05) is 0 Å². The van der Waals surface area contributed by atoms with E-state index in [0.29, 0.717) is 15.6 Å². The van der Waals surface area contributed by atoms with Crippen LogP contribution in [0.25, 0.3) is 0 Å². The lowest BCUT2D eigenvalue weighted by Gasteiger charge is -2.42. The van der Waals surface area contributed by atoms with Crippen LogP contribution < -0.4 is 0 Å². The molecule has 0 aromatic heterocycles. The standard InChI is InChI=1S/C11H10Cl2O3/c12-6-1-2-8(9(13)3-6)11(10(15)16)4-7(14)5-11/h1-3,7,14H,4-5H2,(H,15,16). The van der Waals surface area contributed by atoms with Crippen LogP contribution in [0, 0.1) is 0 Å². The fourth-order valence-electron chi connectivity index (χ4n) is 2.13. The third-order valence-electron chi connectivity index (χ3n) is 3.02. The second-order valence-corrected chi connectivity index (χ2v) is 4.92. The van der Waals surface area contributed by atoms with Crippen molar-refractivity contribution in [2.75, 3.05) is 0 Å². The topological polar surface area (TPSA) is 57.5 Å². The van der Waals surface area contributed by atoms with Crippen molar-refractivity contribution in [1.82, 2.24) is 0 Å². The smallest absolute Gasteiger partial charge is 0.314 e. The van der Waals surface area contributed by atoms with Crippen molar-refractivity contribution in [3.05, 3.63) is 33.8 Å². The van der Waals surface area contributed by atoms with Gasteiger partial charge in [-0.3, -0.25) is 4.79 Å². The van der Waals surface area contributed by atoms with Gasteiger partial charge in [-0.15, -0.1) is 0 Å². The lowest BCUT2D eigenvalue weighted by molar-refractivity contribution is -0.152. The summed E-state index contributed by atoms with van der Waals surface area (Å²) in [6.45, 7) is 0. The summed E-state index contributed by atoms with van der Waals surface area (Å²) in [7, 11) is 0. The van der Waals surface area contributed by atoms with E-state index in [-0.39, 0.29) is 12.8 Å². The number of rotatable bonds is 2. The summed E-state index contributed by atoms with van der Waals surface area (Å²) < 4.78 is 0. The number of halogens is 2. The number of hydrogen-bond donors (Lipinski definition) is 2. The number of aliphatic hydroxyl groups excluding tert-OH is 1. The minimum absolute atomic E-state index is 0.198. The molecular formula is C11H10Cl2O3. The zero-order valence-electron chi connectivity index (χ0n) is 8.28. The summed E-state index contributed by atoms with van der Waals surface area (Å²) in [4.78, 5) is 11.3. The number of hydrogen-bond acceptors (Lipinski definition) is 2. The third-order valence-corrected chi connectivity index (χ3v) is 3.57. The van der Waals surface area contributed by atoms with Gasteiger partial charge in [0.15, 0.2) is 0 Å². The molecule has 16 heavy (non-hydrogen) atoms. The van der Waals surface area contributed by atoms with E-state index in [9.17, 15) is 15.0 Å². The molecule has 0 bridgehead atoms. The Kier molecular flexibility index (Phi) is 2.86. The van der Waals surface area contributed by atoms with E-state index >= 15 is 0 Å². The maximum atomic E-state index is 11.3. The first-order chi connectivity index (χ1) is 7.45. The molecule has 0 unspecified atom stereocenters. The molecule has 1 aromatic carbocycles. The van der Waals surface area contributed by atoms with Crippen molar-refractivity contribution in [2.24, 2.45) is 0 Å². The predicted molar refractivity (Wildman–Crippen MR) is 61.0 cm³/mol. The zero-order chi connectivity index (χ0) is 11.9. The van der Waals surface area contributed by atoms with Crippen LogP contribution in [-0.2, 0) is 10.2 Å². The quantitative estimate of drug-likeness (QED) is 0.859. The Balaban J connectivity index is 2.45. The van der Waals surface area contributed by atoms with Gasteiger partial charge in [-0.2, -0.15) is 0 Å². The van der Waals surface area contributed by atoms with Gasteiger partial charge in [0.2, 0.25) is 0 Å². The highest BCUT2D eigenvalue weighted by Crippen LogP contribution is 2.47. The van der Waals surface area contributed by atoms with Crippen molar-refractivity contribution in [3.63, 3.8) is 0 Å². The van der Waals surface area contributed by atoms with Crippen LogP contribution in [0.15, 0.2) is 18.2 Å². The summed E-state index contributed by atoms with van der Waals surface area (Å²) in [5.41, 5.74) is -0.530. The van der Waals surface area contributed by atoms with E-state index in [1.165, 1.54) is 6.07 Å². The Bertz CT molecular complexity index is 439. The molecule has 3 nitrogen and oxygen atoms in total. The maximum Gasteiger partial charge on any atom is 0.314 e. The van der Waals surface area contributed by atoms with Crippen molar-refractivity contribution in [1.29, 1.82) is 0 Å². The number of aliphatic hydroxyl groups is 1. The predicted octanol–water partition coefficient (Wildman–Crippen LogP) is 2.47. The monoisotopic (exact) mass is 260 g/mol. The molecule has 2 rings (SSSR count). The number of benzene rings is 1. The Labute approximate surface area is 103 Å². The summed E-state index contributed by atoms with van der Waals surface area (Å²) in [6.07, 6.45) is -0.171. The van der Waals surface area contributed by atoms with Crippen LogP contribution >= 0.6 is 23.2 Å². The molecule has 1 fully saturated rings. The number of carboxylic acid groups (broad SMARTS) is 1. The van der Waals surface area contributed by atoms with Crippen molar-refractivity contribution < 1.29 is 15.0 Å². The molecule has 2 N–H and O–H groups in total. The Morgan fingerprint density at radius 2 is 2.00 bits per heavy atom. The molecule has 0 atom stereocenters. The molecule has 0 amide bonds. The molecule has 0 saturated heterocycles. The van der Waals surface area contributed by atoms with Crippen LogP contribution in [0.5, 0.6) is 0 Å². The van der Waals surface area contributed by atoms with Crippen molar-refractivity contribution >= 4 is 29.2 Å². The average Bonchev–Trinajstić information content (AvgIpc) is 2.12. The first-order valence-electron chi connectivity index (χ1n) is 4.83. The van der Waals surface area contributed by atoms with Crippen LogP contribution in [0.4, 0.5) is 0 Å². The van der Waals surface area contributed by atoms with Gasteiger partial charge >= 0.3 is 5.97 Å². The summed E-state index contributed by atoms with van der Waals surface area (Å²) in [6, 6.07) is 4.75. The van der Waals surface area contributed by atoms with Gasteiger partial charge in [0.25, 0.3) is 0 Å². The van der Waals surface area contributed by atoms with Crippen molar-refractivity contribution in [2.45, 2.75) is 24.4 Å². The highest BCUT2D eigenvalue weighted by Gasteiger charge is 2.52. The molecule has 1 aliphatic rings. The number of carbonyl (C=O) groups is 1. The molecule has 0 aliphatic heterocycles. The molecule has 86 valence electrons. The molecule has 0 heterocycles. The Hall–Kier alpha value is -0.770. The number of carboxylic acids is 1. The molecular weight excluding hydrogens is 251 g/mol. The minimum atomic E-state index is -1.05. The van der Waals surface area contributed by atoms with Crippen molar-refractivity contribution in [3.8, 4) is 0 Å². The fourth-order valence-corrected chi connectivity index (χ4v) is 2.72. The molecule has 5 heteroatoms. The van der Waals surface area contributed by atoms with Gasteiger partial charge in [-0.25, -0.2) is 0 Å². The third kappa shape index (κ3) is 1.69. The van der Waals surface area contributed by atoms with Gasteiger partial charge in [-0.05, 0) is 30.5 Å². The number of aliphatic carboxylic acids is 1. The van der Waals surface area contributed by atoms with Gasteiger partial charge < -0.3 is 10.2 Å². The minimum Gasteiger partial charge on any atom is -0.481 e. The Morgan fingerprint density at radius 1 is 1.38 bits per heavy atom. The average molecular weight is 261 g/mol. The van der Waals surface area contributed by atoms with E-state index in [2.05, 4.69) is 0 Å². The van der Waals surface area contributed by atoms with Gasteiger partial charge in [0.05, 0.1) is 11.5 Å². The van der Waals surface area contributed by atoms with E-state index < -0.39 is 17.5 Å². The zero-order valence-corrected chi connectivity index (χ0v) is 9.79. The molecule has 1 saturated carbocycles. The highest BCUT2D eigenvalue weighted by molar-refractivity contribution is 6.35. The maximum absolute atomic E-state index is 11.3. The van der Waals surface area contributed by atoms with E-state index in [1.54, 1.807) is 12.1 Å². The molecule has 1 aromatic rings. The molecule has 1 aliphatic carbocycles. The largest absolute Gasteiger partial charge is 0.481 e. The van der Waals surface area contributed by atoms with Crippen LogP contribution in [0.2, 0.25) is 10.0 Å². The van der Waals surface area contributed by atoms with Crippen LogP contribution in [0.3, 0.4) is 0 Å². The first-order valence-corrected chi connectivity index (χ1v) is 5.58. The fraction of sp³-hybridized carbons (Fsp3) is 0.364. The summed E-state index contributed by atoms with van der Waals surface area (Å²) >= 11 is 11.7. The summed E-state index contributed by atoms with van der Waals surface area (Å²) in [5.74, 6) is -0.956. The lowest BCUT2D eigenvalue weighted by Crippen LogP contribution is -2.50. The van der Waals surface area contributed by atoms with Gasteiger partial charge in [0.1, 0.15) is 0 Å². The Morgan fingerprint density at radius 3 is 2.44 bits per heavy atom. The van der Waals surface area contributed by atoms with E-state index in [4.69, 9.17) is 23.2 Å². The lowest BCUT2D eigenvalue weighted by atomic mass is 9.63. The van der Waals surface area contributed by atoms with Crippen LogP contribution in [0.1, 0.15) is 18.4 Å². The second-order valence-electron chi connectivity index (χ2n) is 4.07. The highest BCUT2D eigenvalue weighted by atomic mass is 35.5. The molecule has 0 spiro atoms. The van der Waals surface area contributed by atoms with Gasteiger partial charge in [0, 0.05) is 10.0 Å². The normalized spacial score (nSPS) is 28.6. The summed E-state index contributed by atoms with van der Waals surface area (Å²) in [5, 5.41) is 19.4. The molecule has 0 radical (unpaired) electrons. The SMILES string of the molecule is O=C(O)C1(c2ccc(Cl)cc2Cl)CC(O)C1. The first kappa shape index (κ1) is 11.7.